The zero-order valence-electron chi connectivity index (χ0n) is 8.54. The van der Waals surface area contributed by atoms with Crippen molar-refractivity contribution in [2.45, 2.75) is 44.2 Å². The minimum atomic E-state index is -0.289. The molecule has 2 aliphatic rings. The first-order chi connectivity index (χ1) is 6.68. The quantitative estimate of drug-likeness (QED) is 0.732. The number of carbonyl (C=O) groups excluding carboxylic acids is 1. The summed E-state index contributed by atoms with van der Waals surface area (Å²) in [4.78, 5) is 11.4. The Hall–Kier alpha value is -0.770. The molecule has 80 valence electrons. The molecule has 14 heavy (non-hydrogen) atoms. The molecule has 0 aromatic heterocycles. The molecule has 0 bridgehead atoms. The molecule has 1 saturated heterocycles. The van der Waals surface area contributed by atoms with Gasteiger partial charge in [0, 0.05) is 0 Å². The molecule has 0 atom stereocenters. The van der Waals surface area contributed by atoms with Gasteiger partial charge in [-0.15, -0.1) is 0 Å². The first kappa shape index (κ1) is 9.77. The lowest BCUT2D eigenvalue weighted by Gasteiger charge is -2.38. The van der Waals surface area contributed by atoms with Crippen molar-refractivity contribution in [3.63, 3.8) is 0 Å². The third kappa shape index (κ3) is 2.18. The molecule has 4 nitrogen and oxygen atoms in total. The molecule has 0 aromatic carbocycles. The van der Waals surface area contributed by atoms with Gasteiger partial charge in [-0.2, -0.15) is 0 Å². The Balaban J connectivity index is 1.72. The van der Waals surface area contributed by atoms with Crippen LogP contribution in [-0.4, -0.2) is 30.9 Å². The van der Waals surface area contributed by atoms with Gasteiger partial charge in [0.2, 0.25) is 0 Å². The molecule has 1 N–H and O–H groups in total. The molecule has 1 heterocycles. The third-order valence-corrected chi connectivity index (χ3v) is 2.82. The van der Waals surface area contributed by atoms with Crippen molar-refractivity contribution >= 4 is 6.09 Å². The van der Waals surface area contributed by atoms with Gasteiger partial charge >= 0.3 is 6.09 Å². The number of hydrogen-bond donors (Lipinski definition) is 1. The van der Waals surface area contributed by atoms with Gasteiger partial charge in [-0.1, -0.05) is 0 Å². The van der Waals surface area contributed by atoms with Crippen molar-refractivity contribution in [1.29, 1.82) is 0 Å². The predicted octanol–water partition coefficient (Wildman–Crippen LogP) is 1.44. The van der Waals surface area contributed by atoms with Gasteiger partial charge in [0.25, 0.3) is 0 Å². The van der Waals surface area contributed by atoms with Crippen LogP contribution in [0.25, 0.3) is 0 Å². The summed E-state index contributed by atoms with van der Waals surface area (Å²) in [7, 11) is 0. The Morgan fingerprint density at radius 3 is 2.57 bits per heavy atom. The zero-order chi connectivity index (χ0) is 10.0. The number of amides is 1. The molecule has 0 unspecified atom stereocenters. The van der Waals surface area contributed by atoms with E-state index in [0.29, 0.717) is 13.2 Å². The standard InChI is InChI=1S/C10H17NO3/c1-10(6-13-7-10)11-9(12)14-8-4-2-3-5-8/h8H,2-7H2,1H3,(H,11,12). The van der Waals surface area contributed by atoms with Gasteiger partial charge in [-0.3, -0.25) is 0 Å². The van der Waals surface area contributed by atoms with E-state index >= 15 is 0 Å². The number of alkyl carbamates (subject to hydrolysis) is 1. The number of hydrogen-bond acceptors (Lipinski definition) is 3. The molecule has 0 spiro atoms. The minimum absolute atomic E-state index is 0.139. The Morgan fingerprint density at radius 2 is 2.07 bits per heavy atom. The highest BCUT2D eigenvalue weighted by Crippen LogP contribution is 2.22. The number of ether oxygens (including phenoxy) is 2. The smallest absolute Gasteiger partial charge is 0.407 e. The molecule has 4 heteroatoms. The number of carbonyl (C=O) groups is 1. The number of rotatable bonds is 2. The van der Waals surface area contributed by atoms with E-state index in [-0.39, 0.29) is 17.7 Å². The van der Waals surface area contributed by atoms with Crippen LogP contribution in [0.2, 0.25) is 0 Å². The summed E-state index contributed by atoms with van der Waals surface area (Å²) in [6.45, 7) is 3.14. The monoisotopic (exact) mass is 199 g/mol. The van der Waals surface area contributed by atoms with E-state index in [1.165, 1.54) is 12.8 Å². The van der Waals surface area contributed by atoms with Crippen LogP contribution in [0.4, 0.5) is 4.79 Å². The summed E-state index contributed by atoms with van der Waals surface area (Å²) >= 11 is 0. The predicted molar refractivity (Wildman–Crippen MR) is 51.1 cm³/mol. The van der Waals surface area contributed by atoms with Gasteiger partial charge < -0.3 is 14.8 Å². The van der Waals surface area contributed by atoms with Gasteiger partial charge in [0.15, 0.2) is 0 Å². The molecule has 0 aromatic rings. The summed E-state index contributed by atoms with van der Waals surface area (Å²) in [6.07, 6.45) is 4.24. The average Bonchev–Trinajstić information content (AvgIpc) is 2.53. The van der Waals surface area contributed by atoms with Crippen LogP contribution >= 0.6 is 0 Å². The van der Waals surface area contributed by atoms with Crippen LogP contribution in [-0.2, 0) is 9.47 Å². The molecular weight excluding hydrogens is 182 g/mol. The van der Waals surface area contributed by atoms with Crippen molar-refractivity contribution in [1.82, 2.24) is 5.32 Å². The summed E-state index contributed by atoms with van der Waals surface area (Å²) < 4.78 is 10.3. The normalized spacial score (nSPS) is 25.5. The van der Waals surface area contributed by atoms with Crippen LogP contribution in [0.15, 0.2) is 0 Å². The fourth-order valence-corrected chi connectivity index (χ4v) is 1.91. The second-order valence-corrected chi connectivity index (χ2v) is 4.49. The highest BCUT2D eigenvalue weighted by atomic mass is 16.6. The highest BCUT2D eigenvalue weighted by molar-refractivity contribution is 5.68. The van der Waals surface area contributed by atoms with Gasteiger partial charge in [-0.05, 0) is 32.6 Å². The van der Waals surface area contributed by atoms with Crippen molar-refractivity contribution in [3.8, 4) is 0 Å². The van der Waals surface area contributed by atoms with E-state index in [1.807, 2.05) is 6.92 Å². The van der Waals surface area contributed by atoms with Crippen LogP contribution in [0.3, 0.4) is 0 Å². The summed E-state index contributed by atoms with van der Waals surface area (Å²) in [5, 5.41) is 2.83. The topological polar surface area (TPSA) is 47.6 Å². The fourth-order valence-electron chi connectivity index (χ4n) is 1.91. The van der Waals surface area contributed by atoms with E-state index in [4.69, 9.17) is 9.47 Å². The van der Waals surface area contributed by atoms with Crippen LogP contribution in [0.1, 0.15) is 32.6 Å². The SMILES string of the molecule is CC1(NC(=O)OC2CCCC2)COC1. The Kier molecular flexibility index (Phi) is 2.63. The van der Waals surface area contributed by atoms with E-state index in [1.54, 1.807) is 0 Å². The van der Waals surface area contributed by atoms with Gasteiger partial charge in [-0.25, -0.2) is 4.79 Å². The van der Waals surface area contributed by atoms with Gasteiger partial charge in [0.05, 0.1) is 18.8 Å². The van der Waals surface area contributed by atoms with E-state index < -0.39 is 0 Å². The first-order valence-electron chi connectivity index (χ1n) is 5.24. The maximum absolute atomic E-state index is 11.4. The summed E-state index contributed by atoms with van der Waals surface area (Å²) in [5.74, 6) is 0. The summed E-state index contributed by atoms with van der Waals surface area (Å²) in [6, 6.07) is 0. The third-order valence-electron chi connectivity index (χ3n) is 2.82. The fraction of sp³-hybridized carbons (Fsp3) is 0.900. The van der Waals surface area contributed by atoms with Crippen molar-refractivity contribution < 1.29 is 14.3 Å². The first-order valence-corrected chi connectivity index (χ1v) is 5.24. The lowest BCUT2D eigenvalue weighted by atomic mass is 10.0. The molecule has 1 amide bonds. The molecule has 1 aliphatic heterocycles. The van der Waals surface area contributed by atoms with E-state index in [2.05, 4.69) is 5.32 Å². The highest BCUT2D eigenvalue weighted by Gasteiger charge is 2.36. The average molecular weight is 199 g/mol. The minimum Gasteiger partial charge on any atom is -0.446 e. The Morgan fingerprint density at radius 1 is 1.43 bits per heavy atom. The molecule has 1 aliphatic carbocycles. The lowest BCUT2D eigenvalue weighted by Crippen LogP contribution is -2.60. The lowest BCUT2D eigenvalue weighted by molar-refractivity contribution is -0.0635. The zero-order valence-corrected chi connectivity index (χ0v) is 8.54. The number of nitrogens with one attached hydrogen (secondary N) is 1. The maximum Gasteiger partial charge on any atom is 0.407 e. The van der Waals surface area contributed by atoms with E-state index in [0.717, 1.165) is 12.8 Å². The molecule has 2 rings (SSSR count). The van der Waals surface area contributed by atoms with Crippen molar-refractivity contribution in [3.05, 3.63) is 0 Å². The molecule has 1 saturated carbocycles. The van der Waals surface area contributed by atoms with Crippen LogP contribution in [0, 0.1) is 0 Å². The maximum atomic E-state index is 11.4. The Labute approximate surface area is 84.0 Å². The van der Waals surface area contributed by atoms with Gasteiger partial charge in [0.1, 0.15) is 6.10 Å². The summed E-state index contributed by atoms with van der Waals surface area (Å²) in [5.41, 5.74) is -0.199. The molecule has 2 fully saturated rings. The second-order valence-electron chi connectivity index (χ2n) is 4.49. The largest absolute Gasteiger partial charge is 0.446 e. The molecular formula is C10H17NO3. The van der Waals surface area contributed by atoms with E-state index in [9.17, 15) is 4.79 Å². The van der Waals surface area contributed by atoms with Crippen LogP contribution in [0.5, 0.6) is 0 Å². The van der Waals surface area contributed by atoms with Crippen LogP contribution < -0.4 is 5.32 Å². The molecule has 0 radical (unpaired) electrons. The van der Waals surface area contributed by atoms with Crippen molar-refractivity contribution in [2.24, 2.45) is 0 Å². The Bertz CT molecular complexity index is 219. The second kappa shape index (κ2) is 3.77. The van der Waals surface area contributed by atoms with Crippen molar-refractivity contribution in [2.75, 3.05) is 13.2 Å².